The predicted molar refractivity (Wildman–Crippen MR) is 221 cm³/mol. The van der Waals surface area contributed by atoms with Crippen LogP contribution in [0.3, 0.4) is 0 Å². The van der Waals surface area contributed by atoms with E-state index in [0.29, 0.717) is 35.5 Å². The Morgan fingerprint density at radius 1 is 0.375 bits per heavy atom. The monoisotopic (exact) mass is 678 g/mol. The Morgan fingerprint density at radius 3 is 0.875 bits per heavy atom. The van der Waals surface area contributed by atoms with Gasteiger partial charge in [0.1, 0.15) is 0 Å². The number of benzene rings is 4. The Labute approximate surface area is 298 Å². The first kappa shape index (κ1) is 38.5. The third kappa shape index (κ3) is 9.70. The van der Waals surface area contributed by atoms with Crippen LogP contribution >= 0.6 is 15.8 Å². The summed E-state index contributed by atoms with van der Waals surface area (Å²) in [6.07, 6.45) is 4.85. The van der Waals surface area contributed by atoms with E-state index < -0.39 is 15.8 Å². The first-order chi connectivity index (χ1) is 22.8. The molecule has 2 unspecified atom stereocenters. The molecule has 258 valence electrons. The second-order valence-electron chi connectivity index (χ2n) is 15.8. The molecule has 2 atom stereocenters. The lowest BCUT2D eigenvalue weighted by Crippen LogP contribution is -2.23. The van der Waals surface area contributed by atoms with Gasteiger partial charge in [0.25, 0.3) is 0 Å². The fourth-order valence-electron chi connectivity index (χ4n) is 6.95. The quantitative estimate of drug-likeness (QED) is 0.110. The zero-order valence-corrected chi connectivity index (χ0v) is 34.1. The molecule has 0 heterocycles. The largest absolute Gasteiger partial charge is 0.0698 e. The van der Waals surface area contributed by atoms with Gasteiger partial charge in [-0.15, -0.1) is 0 Å². The molecule has 0 nitrogen and oxygen atoms in total. The van der Waals surface area contributed by atoms with E-state index in [0.717, 1.165) is 12.3 Å². The highest BCUT2D eigenvalue weighted by Gasteiger charge is 2.28. The zero-order valence-electron chi connectivity index (χ0n) is 32.3. The van der Waals surface area contributed by atoms with Gasteiger partial charge in [0, 0.05) is 0 Å². The van der Waals surface area contributed by atoms with Crippen LogP contribution in [-0.4, -0.2) is 12.3 Å². The standard InChI is InChI=1S/C46H64P2/c1-31(2)39-25-41(33(5)6)45(42(26-39)34(7)8)47(29-37-19-15-13-16-20-37)23-24-48(30-38-21-17-14-18-22-38)46-43(35(9)10)27-40(32(3)4)28-44(46)36(11)12/h13-22,25-28,31-36H,23-24,29-30H2,1-12H3. The molecule has 0 spiro atoms. The van der Waals surface area contributed by atoms with Crippen molar-refractivity contribution in [3.63, 3.8) is 0 Å². The van der Waals surface area contributed by atoms with Crippen LogP contribution in [0.15, 0.2) is 84.9 Å². The molecular weight excluding hydrogens is 614 g/mol. The van der Waals surface area contributed by atoms with Gasteiger partial charge in [-0.05, 0) is 115 Å². The summed E-state index contributed by atoms with van der Waals surface area (Å²) in [5.41, 5.74) is 12.4. The molecule has 0 amide bonds. The summed E-state index contributed by atoms with van der Waals surface area (Å²) in [6, 6.07) is 33.1. The van der Waals surface area contributed by atoms with Crippen molar-refractivity contribution in [3.05, 3.63) is 129 Å². The summed E-state index contributed by atoms with van der Waals surface area (Å²) in [5.74, 6) is 3.09. The van der Waals surface area contributed by atoms with E-state index in [9.17, 15) is 0 Å². The van der Waals surface area contributed by atoms with Gasteiger partial charge in [0.15, 0.2) is 0 Å². The van der Waals surface area contributed by atoms with Crippen molar-refractivity contribution >= 4 is 26.5 Å². The van der Waals surface area contributed by atoms with Crippen LogP contribution in [0.25, 0.3) is 0 Å². The zero-order chi connectivity index (χ0) is 35.1. The van der Waals surface area contributed by atoms with Crippen molar-refractivity contribution in [3.8, 4) is 0 Å². The second kappa shape index (κ2) is 17.6. The molecule has 0 saturated heterocycles. The Hall–Kier alpha value is -2.26. The van der Waals surface area contributed by atoms with Crippen LogP contribution in [0.4, 0.5) is 0 Å². The van der Waals surface area contributed by atoms with Gasteiger partial charge in [-0.25, -0.2) is 0 Å². The Morgan fingerprint density at radius 2 is 0.646 bits per heavy atom. The van der Waals surface area contributed by atoms with Crippen LogP contribution < -0.4 is 10.6 Å². The van der Waals surface area contributed by atoms with E-state index in [4.69, 9.17) is 0 Å². The van der Waals surface area contributed by atoms with Crippen molar-refractivity contribution in [2.45, 2.75) is 131 Å². The fraction of sp³-hybridized carbons (Fsp3) is 0.478. The fourth-order valence-corrected chi connectivity index (χ4v) is 14.0. The Bertz CT molecular complexity index is 1400. The summed E-state index contributed by atoms with van der Waals surface area (Å²) >= 11 is 0. The maximum atomic E-state index is 2.59. The third-order valence-electron chi connectivity index (χ3n) is 9.91. The summed E-state index contributed by atoms with van der Waals surface area (Å²) in [4.78, 5) is 0. The lowest BCUT2D eigenvalue weighted by molar-refractivity contribution is 0.812. The average molecular weight is 679 g/mol. The van der Waals surface area contributed by atoms with E-state index in [1.807, 2.05) is 0 Å². The summed E-state index contributed by atoms with van der Waals surface area (Å²) in [5, 5.41) is 3.42. The molecule has 0 aliphatic rings. The van der Waals surface area contributed by atoms with Crippen LogP contribution in [0, 0.1) is 0 Å². The third-order valence-corrected chi connectivity index (χ3v) is 15.6. The van der Waals surface area contributed by atoms with Gasteiger partial charge in [0.05, 0.1) is 0 Å². The van der Waals surface area contributed by atoms with E-state index >= 15 is 0 Å². The van der Waals surface area contributed by atoms with E-state index in [2.05, 4.69) is 168 Å². The number of hydrogen-bond donors (Lipinski definition) is 0. The van der Waals surface area contributed by atoms with E-state index in [1.165, 1.54) is 34.6 Å². The van der Waals surface area contributed by atoms with Gasteiger partial charge in [-0.3, -0.25) is 0 Å². The maximum absolute atomic E-state index is 2.59. The molecule has 0 aliphatic heterocycles. The molecule has 48 heavy (non-hydrogen) atoms. The molecule has 0 radical (unpaired) electrons. The molecule has 0 aromatic heterocycles. The van der Waals surface area contributed by atoms with Crippen molar-refractivity contribution in [2.24, 2.45) is 0 Å². The highest BCUT2D eigenvalue weighted by atomic mass is 31.1. The summed E-state index contributed by atoms with van der Waals surface area (Å²) < 4.78 is 0. The topological polar surface area (TPSA) is 0 Å². The molecule has 4 rings (SSSR count). The van der Waals surface area contributed by atoms with E-state index in [-0.39, 0.29) is 0 Å². The van der Waals surface area contributed by atoms with Crippen LogP contribution in [-0.2, 0) is 12.3 Å². The van der Waals surface area contributed by atoms with Gasteiger partial charge >= 0.3 is 0 Å². The SMILES string of the molecule is CC(C)c1cc(C(C)C)c(P(CCP(Cc2ccccc2)c2c(C(C)C)cc(C(C)C)cc2C(C)C)Cc2ccccc2)c(C(C)C)c1. The molecule has 4 aromatic rings. The first-order valence-electron chi connectivity index (χ1n) is 18.7. The van der Waals surface area contributed by atoms with Crippen molar-refractivity contribution < 1.29 is 0 Å². The van der Waals surface area contributed by atoms with Crippen molar-refractivity contribution in [1.29, 1.82) is 0 Å². The number of hydrogen-bond acceptors (Lipinski definition) is 0. The van der Waals surface area contributed by atoms with Gasteiger partial charge < -0.3 is 0 Å². The molecular formula is C46H64P2. The molecule has 0 N–H and O–H groups in total. The highest BCUT2D eigenvalue weighted by molar-refractivity contribution is 7.69. The summed E-state index contributed by atoms with van der Waals surface area (Å²) in [7, 11) is -0.836. The smallest absolute Gasteiger partial charge is 0.00325 e. The molecule has 0 bridgehead atoms. The maximum Gasteiger partial charge on any atom is -0.00325 e. The molecule has 4 aromatic carbocycles. The lowest BCUT2D eigenvalue weighted by atomic mass is 9.89. The van der Waals surface area contributed by atoms with Gasteiger partial charge in [-0.2, -0.15) is 0 Å². The molecule has 2 heteroatoms. The van der Waals surface area contributed by atoms with Gasteiger partial charge in [0.2, 0.25) is 0 Å². The van der Waals surface area contributed by atoms with E-state index in [1.54, 1.807) is 32.9 Å². The van der Waals surface area contributed by atoms with Gasteiger partial charge in [-0.1, -0.05) is 184 Å². The highest BCUT2D eigenvalue weighted by Crippen LogP contribution is 2.51. The minimum atomic E-state index is -0.418. The van der Waals surface area contributed by atoms with Crippen LogP contribution in [0.1, 0.15) is 163 Å². The number of rotatable bonds is 15. The van der Waals surface area contributed by atoms with Crippen LogP contribution in [0.5, 0.6) is 0 Å². The first-order valence-corrected chi connectivity index (χ1v) is 22.1. The minimum absolute atomic E-state index is 0.418. The van der Waals surface area contributed by atoms with Crippen molar-refractivity contribution in [2.75, 3.05) is 12.3 Å². The Kier molecular flexibility index (Phi) is 14.1. The van der Waals surface area contributed by atoms with Crippen molar-refractivity contribution in [1.82, 2.24) is 0 Å². The molecule has 0 aliphatic carbocycles. The second-order valence-corrected chi connectivity index (χ2v) is 20.4. The summed E-state index contributed by atoms with van der Waals surface area (Å²) in [6.45, 7) is 28.8. The lowest BCUT2D eigenvalue weighted by Gasteiger charge is -2.32. The minimum Gasteiger partial charge on any atom is -0.0698 e. The van der Waals surface area contributed by atoms with Crippen LogP contribution in [0.2, 0.25) is 0 Å². The Balaban J connectivity index is 1.91. The molecule has 0 fully saturated rings. The average Bonchev–Trinajstić information content (AvgIpc) is 3.05. The molecule has 0 saturated carbocycles. The predicted octanol–water partition coefficient (Wildman–Crippen LogP) is 13.7. The normalized spacial score (nSPS) is 13.5.